The molecule has 0 amide bonds. The second-order valence-corrected chi connectivity index (χ2v) is 9.26. The van der Waals surface area contributed by atoms with E-state index in [0.717, 1.165) is 0 Å². The van der Waals surface area contributed by atoms with E-state index in [-0.39, 0.29) is 6.61 Å². The fourth-order valence-corrected chi connectivity index (χ4v) is 4.54. The largest absolute Gasteiger partial charge is 0.480 e. The molecule has 16 nitrogen and oxygen atoms in total. The van der Waals surface area contributed by atoms with Gasteiger partial charge in [-0.05, 0) is 0 Å². The number of hydrogen-bond acceptors (Lipinski definition) is 15. The van der Waals surface area contributed by atoms with Crippen molar-refractivity contribution < 1.29 is 79.2 Å². The summed E-state index contributed by atoms with van der Waals surface area (Å²) >= 11 is 0. The van der Waals surface area contributed by atoms with Gasteiger partial charge in [0.1, 0.15) is 61.5 Å². The second-order valence-electron chi connectivity index (χ2n) is 9.26. The summed E-state index contributed by atoms with van der Waals surface area (Å²) in [6.45, 7) is -1.60. The fourth-order valence-electron chi connectivity index (χ4n) is 4.54. The van der Waals surface area contributed by atoms with Crippen LogP contribution in [-0.2, 0) is 33.2 Å². The first-order valence-electron chi connectivity index (χ1n) is 11.8. The average molecular weight is 545 g/mol. The summed E-state index contributed by atoms with van der Waals surface area (Å²) in [5.74, 6) is -2.07. The van der Waals surface area contributed by atoms with Gasteiger partial charge in [0.2, 0.25) is 0 Å². The Kier molecular flexibility index (Phi) is 11.0. The summed E-state index contributed by atoms with van der Waals surface area (Å²) < 4.78 is 33.0. The summed E-state index contributed by atoms with van der Waals surface area (Å²) in [6, 6.07) is 0. The van der Waals surface area contributed by atoms with Gasteiger partial charge >= 0.3 is 5.97 Å². The minimum Gasteiger partial charge on any atom is -0.480 e. The summed E-state index contributed by atoms with van der Waals surface area (Å²) in [7, 11) is 0. The molecule has 3 saturated heterocycles. The van der Waals surface area contributed by atoms with Gasteiger partial charge in [-0.15, -0.1) is 0 Å². The molecule has 14 unspecified atom stereocenters. The van der Waals surface area contributed by atoms with Crippen molar-refractivity contribution in [3.63, 3.8) is 0 Å². The Morgan fingerprint density at radius 2 is 1.32 bits per heavy atom. The lowest BCUT2D eigenvalue weighted by molar-refractivity contribution is -0.371. The quantitative estimate of drug-likeness (QED) is 0.124. The first-order valence-corrected chi connectivity index (χ1v) is 11.8. The molecular formula is C21H36O16. The van der Waals surface area contributed by atoms with Crippen LogP contribution in [0.5, 0.6) is 0 Å². The van der Waals surface area contributed by atoms with E-state index < -0.39 is 118 Å². The monoisotopic (exact) mass is 544 g/mol. The van der Waals surface area contributed by atoms with E-state index in [1.54, 1.807) is 0 Å². The van der Waals surface area contributed by atoms with Gasteiger partial charge in [0, 0.05) is 5.92 Å². The summed E-state index contributed by atoms with van der Waals surface area (Å²) in [5.41, 5.74) is 0. The molecule has 0 saturated carbocycles. The standard InChI is InChI=1S/C21H36O16/c1-7-9(2-22)34-20(15(30)13(7)28)36-18-11(4-24)35-21(19(16(18)31)33-6-12(26)27)37-17-10(3-23)32-5-8(25)14(17)29/h7-11,13-25,28-31H,2-6H2,1H3,(H,26,27). The van der Waals surface area contributed by atoms with Gasteiger partial charge in [-0.3, -0.25) is 0 Å². The number of aliphatic hydroxyl groups excluding tert-OH is 8. The normalized spacial score (nSPS) is 47.1. The zero-order chi connectivity index (χ0) is 27.4. The van der Waals surface area contributed by atoms with E-state index in [1.165, 1.54) is 6.92 Å². The molecule has 3 aliphatic heterocycles. The van der Waals surface area contributed by atoms with E-state index >= 15 is 0 Å². The number of aliphatic hydroxyl groups is 8. The van der Waals surface area contributed by atoms with Crippen LogP contribution >= 0.6 is 0 Å². The van der Waals surface area contributed by atoms with Gasteiger partial charge < -0.3 is 74.4 Å². The minimum absolute atomic E-state index is 0.294. The van der Waals surface area contributed by atoms with E-state index in [0.29, 0.717) is 0 Å². The van der Waals surface area contributed by atoms with E-state index in [2.05, 4.69) is 0 Å². The third kappa shape index (κ3) is 6.74. The highest BCUT2D eigenvalue weighted by atomic mass is 16.8. The third-order valence-corrected chi connectivity index (χ3v) is 6.78. The molecule has 0 aromatic rings. The molecule has 14 atom stereocenters. The highest BCUT2D eigenvalue weighted by molar-refractivity contribution is 5.68. The van der Waals surface area contributed by atoms with Crippen molar-refractivity contribution in [2.75, 3.05) is 33.0 Å². The Morgan fingerprint density at radius 1 is 0.757 bits per heavy atom. The van der Waals surface area contributed by atoms with Crippen LogP contribution < -0.4 is 0 Å². The number of rotatable bonds is 10. The predicted octanol–water partition coefficient (Wildman–Crippen LogP) is -5.51. The average Bonchev–Trinajstić information content (AvgIpc) is 2.87. The molecule has 3 rings (SSSR count). The van der Waals surface area contributed by atoms with Gasteiger partial charge in [-0.25, -0.2) is 4.79 Å². The van der Waals surface area contributed by atoms with Crippen LogP contribution in [0, 0.1) is 5.92 Å². The summed E-state index contributed by atoms with van der Waals surface area (Å²) in [6.07, 6.45) is -18.9. The van der Waals surface area contributed by atoms with E-state index in [1.807, 2.05) is 0 Å². The van der Waals surface area contributed by atoms with Gasteiger partial charge in [-0.1, -0.05) is 6.92 Å². The summed E-state index contributed by atoms with van der Waals surface area (Å²) in [4.78, 5) is 11.1. The van der Waals surface area contributed by atoms with Crippen LogP contribution in [-0.4, -0.2) is 165 Å². The van der Waals surface area contributed by atoms with Crippen molar-refractivity contribution >= 4 is 5.97 Å². The van der Waals surface area contributed by atoms with Crippen LogP contribution in [0.2, 0.25) is 0 Å². The first kappa shape index (κ1) is 30.5. The SMILES string of the molecule is CC1C(CO)OC(OC2C(CO)OC(OC3C(CO)OCC(O)C3O)C(OCC(=O)O)C2O)C(O)C1O. The van der Waals surface area contributed by atoms with Gasteiger partial charge in [0.05, 0.1) is 38.6 Å². The Labute approximate surface area is 211 Å². The summed E-state index contributed by atoms with van der Waals surface area (Å²) in [5, 5.41) is 90.3. The van der Waals surface area contributed by atoms with E-state index in [9.17, 15) is 45.6 Å². The van der Waals surface area contributed by atoms with Crippen molar-refractivity contribution in [3.05, 3.63) is 0 Å². The number of carbonyl (C=O) groups is 1. The first-order chi connectivity index (χ1) is 17.5. The molecule has 0 radical (unpaired) electrons. The topological polar surface area (TPSA) is 255 Å². The highest BCUT2D eigenvalue weighted by Crippen LogP contribution is 2.33. The maximum atomic E-state index is 11.1. The molecule has 216 valence electrons. The third-order valence-electron chi connectivity index (χ3n) is 6.78. The Balaban J connectivity index is 1.82. The molecule has 0 spiro atoms. The second kappa shape index (κ2) is 13.3. The minimum atomic E-state index is -1.78. The Morgan fingerprint density at radius 3 is 1.92 bits per heavy atom. The van der Waals surface area contributed by atoms with Crippen molar-refractivity contribution in [3.8, 4) is 0 Å². The lowest BCUT2D eigenvalue weighted by Gasteiger charge is -2.48. The van der Waals surface area contributed by atoms with Crippen molar-refractivity contribution in [1.29, 1.82) is 0 Å². The predicted molar refractivity (Wildman–Crippen MR) is 115 cm³/mol. The molecular weight excluding hydrogens is 508 g/mol. The molecule has 0 aromatic carbocycles. The molecule has 0 aromatic heterocycles. The molecule has 9 N–H and O–H groups in total. The number of carboxylic acid groups (broad SMARTS) is 1. The Hall–Kier alpha value is -1.09. The van der Waals surface area contributed by atoms with Gasteiger partial charge in [-0.2, -0.15) is 0 Å². The molecule has 37 heavy (non-hydrogen) atoms. The van der Waals surface area contributed by atoms with Crippen molar-refractivity contribution in [2.45, 2.75) is 86.6 Å². The highest BCUT2D eigenvalue weighted by Gasteiger charge is 2.53. The number of hydrogen-bond donors (Lipinski definition) is 9. The van der Waals surface area contributed by atoms with Crippen LogP contribution in [0.1, 0.15) is 6.92 Å². The van der Waals surface area contributed by atoms with Crippen LogP contribution in [0.15, 0.2) is 0 Å². The smallest absolute Gasteiger partial charge is 0.329 e. The van der Waals surface area contributed by atoms with E-state index in [4.69, 9.17) is 33.5 Å². The molecule has 3 heterocycles. The maximum absolute atomic E-state index is 11.1. The molecule has 16 heteroatoms. The Bertz CT molecular complexity index is 723. The fraction of sp³-hybridized carbons (Fsp3) is 0.952. The number of carboxylic acids is 1. The lowest BCUT2D eigenvalue weighted by Crippen LogP contribution is -2.66. The van der Waals surface area contributed by atoms with Gasteiger partial charge in [0.15, 0.2) is 12.6 Å². The lowest BCUT2D eigenvalue weighted by atomic mass is 9.91. The van der Waals surface area contributed by atoms with Crippen molar-refractivity contribution in [1.82, 2.24) is 0 Å². The number of ether oxygens (including phenoxy) is 6. The molecule has 3 aliphatic rings. The zero-order valence-corrected chi connectivity index (χ0v) is 20.0. The van der Waals surface area contributed by atoms with Gasteiger partial charge in [0.25, 0.3) is 0 Å². The van der Waals surface area contributed by atoms with Crippen molar-refractivity contribution in [2.24, 2.45) is 5.92 Å². The molecule has 0 bridgehead atoms. The van der Waals surface area contributed by atoms with Crippen LogP contribution in [0.3, 0.4) is 0 Å². The zero-order valence-electron chi connectivity index (χ0n) is 20.0. The molecule has 3 fully saturated rings. The maximum Gasteiger partial charge on any atom is 0.329 e. The number of aliphatic carboxylic acids is 1. The van der Waals surface area contributed by atoms with Crippen LogP contribution in [0.4, 0.5) is 0 Å². The van der Waals surface area contributed by atoms with Crippen LogP contribution in [0.25, 0.3) is 0 Å². The molecule has 0 aliphatic carbocycles.